The standard InChI is InChI=1S/C14H23NO3/c1-11-5-6-14(18-2)12(9-11)13(17)10-15-7-3-4-8-16/h5-6,9,13,15-17H,3-4,7-8,10H2,1-2H3. The Morgan fingerprint density at radius 1 is 1.33 bits per heavy atom. The lowest BCUT2D eigenvalue weighted by Crippen LogP contribution is -2.23. The molecule has 0 spiro atoms. The number of hydrogen-bond donors (Lipinski definition) is 3. The lowest BCUT2D eigenvalue weighted by Gasteiger charge is -2.16. The van der Waals surface area contributed by atoms with Gasteiger partial charge in [-0.15, -0.1) is 0 Å². The minimum atomic E-state index is -0.575. The molecule has 1 rings (SSSR count). The van der Waals surface area contributed by atoms with Crippen molar-refractivity contribution in [3.05, 3.63) is 29.3 Å². The van der Waals surface area contributed by atoms with Crippen molar-refractivity contribution in [2.24, 2.45) is 0 Å². The van der Waals surface area contributed by atoms with Gasteiger partial charge in [-0.05, 0) is 38.4 Å². The highest BCUT2D eigenvalue weighted by molar-refractivity contribution is 5.38. The van der Waals surface area contributed by atoms with Crippen molar-refractivity contribution >= 4 is 0 Å². The molecular weight excluding hydrogens is 230 g/mol. The van der Waals surface area contributed by atoms with Crippen LogP contribution in [0.25, 0.3) is 0 Å². The van der Waals surface area contributed by atoms with E-state index in [4.69, 9.17) is 9.84 Å². The maximum absolute atomic E-state index is 10.1. The van der Waals surface area contributed by atoms with Crippen LogP contribution in [-0.2, 0) is 0 Å². The Hall–Kier alpha value is -1.10. The van der Waals surface area contributed by atoms with Crippen LogP contribution < -0.4 is 10.1 Å². The fraction of sp³-hybridized carbons (Fsp3) is 0.571. The van der Waals surface area contributed by atoms with Crippen LogP contribution in [0.4, 0.5) is 0 Å². The maximum atomic E-state index is 10.1. The average molecular weight is 253 g/mol. The molecule has 0 aromatic heterocycles. The fourth-order valence-electron chi connectivity index (χ4n) is 1.82. The Morgan fingerprint density at radius 2 is 2.11 bits per heavy atom. The van der Waals surface area contributed by atoms with Crippen molar-refractivity contribution < 1.29 is 14.9 Å². The molecule has 102 valence electrons. The van der Waals surface area contributed by atoms with Crippen LogP contribution in [0.2, 0.25) is 0 Å². The quantitative estimate of drug-likeness (QED) is 0.613. The Balaban J connectivity index is 2.49. The molecule has 0 radical (unpaired) electrons. The molecule has 0 saturated heterocycles. The van der Waals surface area contributed by atoms with E-state index in [0.717, 1.165) is 30.5 Å². The number of rotatable bonds is 8. The first-order valence-electron chi connectivity index (χ1n) is 6.33. The molecule has 0 heterocycles. The van der Waals surface area contributed by atoms with Gasteiger partial charge in [0, 0.05) is 18.7 Å². The number of aliphatic hydroxyl groups is 2. The molecule has 1 aromatic carbocycles. The molecule has 0 saturated carbocycles. The first-order valence-corrected chi connectivity index (χ1v) is 6.33. The van der Waals surface area contributed by atoms with Crippen LogP contribution >= 0.6 is 0 Å². The predicted octanol–water partition coefficient (Wildman–Crippen LogP) is 1.40. The molecule has 0 aliphatic carbocycles. The highest BCUT2D eigenvalue weighted by Crippen LogP contribution is 2.25. The minimum absolute atomic E-state index is 0.218. The molecule has 0 amide bonds. The Kier molecular flexibility index (Phi) is 6.72. The third kappa shape index (κ3) is 4.64. The van der Waals surface area contributed by atoms with Gasteiger partial charge in [-0.1, -0.05) is 11.6 Å². The highest BCUT2D eigenvalue weighted by atomic mass is 16.5. The van der Waals surface area contributed by atoms with Crippen LogP contribution in [0.1, 0.15) is 30.1 Å². The van der Waals surface area contributed by atoms with E-state index in [1.807, 2.05) is 25.1 Å². The number of unbranched alkanes of at least 4 members (excludes halogenated alkanes) is 1. The molecule has 4 nitrogen and oxygen atoms in total. The van der Waals surface area contributed by atoms with Gasteiger partial charge < -0.3 is 20.3 Å². The number of methoxy groups -OCH3 is 1. The molecule has 3 N–H and O–H groups in total. The number of aryl methyl sites for hydroxylation is 1. The Morgan fingerprint density at radius 3 is 2.78 bits per heavy atom. The number of hydrogen-bond acceptors (Lipinski definition) is 4. The van der Waals surface area contributed by atoms with Crippen LogP contribution in [0.5, 0.6) is 5.75 Å². The normalized spacial score (nSPS) is 12.4. The molecule has 1 unspecified atom stereocenters. The summed E-state index contributed by atoms with van der Waals surface area (Å²) in [6.07, 6.45) is 1.12. The molecular formula is C14H23NO3. The number of benzene rings is 1. The van der Waals surface area contributed by atoms with Gasteiger partial charge in [-0.3, -0.25) is 0 Å². The summed E-state index contributed by atoms with van der Waals surface area (Å²) < 4.78 is 5.25. The zero-order chi connectivity index (χ0) is 13.4. The summed E-state index contributed by atoms with van der Waals surface area (Å²) in [4.78, 5) is 0. The highest BCUT2D eigenvalue weighted by Gasteiger charge is 2.12. The number of ether oxygens (including phenoxy) is 1. The van der Waals surface area contributed by atoms with Gasteiger partial charge in [0.25, 0.3) is 0 Å². The average Bonchev–Trinajstić information content (AvgIpc) is 2.38. The number of nitrogens with one attached hydrogen (secondary N) is 1. The maximum Gasteiger partial charge on any atom is 0.124 e. The van der Waals surface area contributed by atoms with E-state index >= 15 is 0 Å². The minimum Gasteiger partial charge on any atom is -0.496 e. The van der Waals surface area contributed by atoms with Crippen LogP contribution in [0.15, 0.2) is 18.2 Å². The summed E-state index contributed by atoms with van der Waals surface area (Å²) in [6.45, 7) is 3.50. The third-order valence-corrected chi connectivity index (χ3v) is 2.84. The van der Waals surface area contributed by atoms with Crippen molar-refractivity contribution in [1.82, 2.24) is 5.32 Å². The smallest absolute Gasteiger partial charge is 0.124 e. The van der Waals surface area contributed by atoms with E-state index in [1.54, 1.807) is 7.11 Å². The summed E-state index contributed by atoms with van der Waals surface area (Å²) in [5.74, 6) is 0.713. The fourth-order valence-corrected chi connectivity index (χ4v) is 1.82. The van der Waals surface area contributed by atoms with Crippen LogP contribution in [-0.4, -0.2) is 37.0 Å². The molecule has 0 bridgehead atoms. The van der Waals surface area contributed by atoms with E-state index in [0.29, 0.717) is 12.3 Å². The van der Waals surface area contributed by atoms with E-state index < -0.39 is 6.10 Å². The molecule has 0 aliphatic heterocycles. The largest absolute Gasteiger partial charge is 0.496 e. The van der Waals surface area contributed by atoms with Gasteiger partial charge in [0.15, 0.2) is 0 Å². The van der Waals surface area contributed by atoms with Crippen molar-refractivity contribution in [2.75, 3.05) is 26.8 Å². The van der Waals surface area contributed by atoms with E-state index in [1.165, 1.54) is 0 Å². The van der Waals surface area contributed by atoms with Gasteiger partial charge in [-0.2, -0.15) is 0 Å². The lowest BCUT2D eigenvalue weighted by atomic mass is 10.1. The van der Waals surface area contributed by atoms with Crippen molar-refractivity contribution in [3.63, 3.8) is 0 Å². The van der Waals surface area contributed by atoms with E-state index in [9.17, 15) is 5.11 Å². The zero-order valence-corrected chi connectivity index (χ0v) is 11.1. The summed E-state index contributed by atoms with van der Waals surface area (Å²) in [5.41, 5.74) is 1.91. The van der Waals surface area contributed by atoms with Crippen LogP contribution in [0.3, 0.4) is 0 Å². The van der Waals surface area contributed by atoms with Crippen molar-refractivity contribution in [3.8, 4) is 5.75 Å². The monoisotopic (exact) mass is 253 g/mol. The molecule has 0 aliphatic rings. The van der Waals surface area contributed by atoms with Gasteiger partial charge in [0.05, 0.1) is 13.2 Å². The molecule has 1 aromatic rings. The summed E-state index contributed by atoms with van der Waals surface area (Å²) >= 11 is 0. The summed E-state index contributed by atoms with van der Waals surface area (Å²) in [7, 11) is 1.61. The first kappa shape index (κ1) is 15.0. The first-order chi connectivity index (χ1) is 8.69. The van der Waals surface area contributed by atoms with Gasteiger partial charge in [0.1, 0.15) is 5.75 Å². The molecule has 0 fully saturated rings. The Labute approximate surface area is 109 Å². The second-order valence-electron chi connectivity index (χ2n) is 4.40. The second-order valence-corrected chi connectivity index (χ2v) is 4.40. The zero-order valence-electron chi connectivity index (χ0n) is 11.1. The summed E-state index contributed by atoms with van der Waals surface area (Å²) in [6, 6.07) is 5.78. The van der Waals surface area contributed by atoms with Crippen LogP contribution in [0, 0.1) is 6.92 Å². The SMILES string of the molecule is COc1ccc(C)cc1C(O)CNCCCCO. The molecule has 1 atom stereocenters. The molecule has 18 heavy (non-hydrogen) atoms. The topological polar surface area (TPSA) is 61.7 Å². The second kappa shape index (κ2) is 8.08. The number of aliphatic hydroxyl groups excluding tert-OH is 2. The van der Waals surface area contributed by atoms with Gasteiger partial charge in [-0.25, -0.2) is 0 Å². The van der Waals surface area contributed by atoms with Gasteiger partial charge >= 0.3 is 0 Å². The van der Waals surface area contributed by atoms with E-state index in [-0.39, 0.29) is 6.61 Å². The molecule has 4 heteroatoms. The predicted molar refractivity (Wildman–Crippen MR) is 71.9 cm³/mol. The van der Waals surface area contributed by atoms with Crippen molar-refractivity contribution in [1.29, 1.82) is 0 Å². The Bertz CT molecular complexity index is 355. The lowest BCUT2D eigenvalue weighted by molar-refractivity contribution is 0.170. The van der Waals surface area contributed by atoms with Crippen molar-refractivity contribution in [2.45, 2.75) is 25.9 Å². The van der Waals surface area contributed by atoms with E-state index in [2.05, 4.69) is 5.32 Å². The van der Waals surface area contributed by atoms with Gasteiger partial charge in [0.2, 0.25) is 0 Å². The summed E-state index contributed by atoms with van der Waals surface area (Å²) in [5, 5.41) is 22.0. The third-order valence-electron chi connectivity index (χ3n) is 2.84.